The second kappa shape index (κ2) is 14.4. The van der Waals surface area contributed by atoms with Crippen LogP contribution in [0.15, 0.2) is 71.6 Å². The lowest BCUT2D eigenvalue weighted by molar-refractivity contribution is -0.129. The van der Waals surface area contributed by atoms with Gasteiger partial charge in [-0.2, -0.15) is 4.31 Å². The summed E-state index contributed by atoms with van der Waals surface area (Å²) < 4.78 is 75.3. The highest BCUT2D eigenvalue weighted by Crippen LogP contribution is 2.25. The van der Waals surface area contributed by atoms with Gasteiger partial charge >= 0.3 is 6.09 Å². The number of sulfonamides is 1. The third kappa shape index (κ3) is 8.21. The Morgan fingerprint density at radius 1 is 1.04 bits per heavy atom. The first kappa shape index (κ1) is 33.9. The summed E-state index contributed by atoms with van der Waals surface area (Å²) in [4.78, 5) is 26.6. The molecule has 1 aliphatic rings. The van der Waals surface area contributed by atoms with E-state index in [9.17, 15) is 36.3 Å². The molecule has 0 aliphatic carbocycles. The summed E-state index contributed by atoms with van der Waals surface area (Å²) in [5, 5.41) is 14.2. The summed E-state index contributed by atoms with van der Waals surface area (Å²) in [5.41, 5.74) is 1.00. The van der Waals surface area contributed by atoms with Gasteiger partial charge in [-0.3, -0.25) is 9.69 Å². The predicted molar refractivity (Wildman–Crippen MR) is 161 cm³/mol. The summed E-state index contributed by atoms with van der Waals surface area (Å²) >= 11 is 0. The second-order valence-corrected chi connectivity index (χ2v) is 13.1. The van der Waals surface area contributed by atoms with E-state index in [1.807, 2.05) is 13.8 Å². The van der Waals surface area contributed by atoms with Crippen LogP contribution in [0.3, 0.4) is 0 Å². The van der Waals surface area contributed by atoms with E-state index in [1.54, 1.807) is 30.3 Å². The Balaban J connectivity index is 1.57. The fourth-order valence-corrected chi connectivity index (χ4v) is 6.45. The van der Waals surface area contributed by atoms with Crippen LogP contribution >= 0.6 is 0 Å². The molecule has 1 aliphatic heterocycles. The minimum absolute atomic E-state index is 0.00601. The normalized spacial score (nSPS) is 17.2. The molecule has 2 N–H and O–H groups in total. The zero-order chi connectivity index (χ0) is 32.9. The topological polar surface area (TPSA) is 116 Å². The Morgan fingerprint density at radius 3 is 2.40 bits per heavy atom. The largest absolute Gasteiger partial charge is 0.434 e. The molecule has 1 fully saturated rings. The van der Waals surface area contributed by atoms with Crippen LogP contribution in [0.25, 0.3) is 0 Å². The molecule has 1 saturated heterocycles. The third-order valence-corrected chi connectivity index (χ3v) is 9.62. The highest BCUT2D eigenvalue weighted by atomic mass is 32.2. The number of aryl methyl sites for hydroxylation is 1. The molecule has 0 radical (unpaired) electrons. The second-order valence-electron chi connectivity index (χ2n) is 11.2. The van der Waals surface area contributed by atoms with Crippen LogP contribution in [0.5, 0.6) is 0 Å². The van der Waals surface area contributed by atoms with Crippen LogP contribution in [0.2, 0.25) is 0 Å². The van der Waals surface area contributed by atoms with E-state index in [4.69, 9.17) is 4.74 Å². The van der Waals surface area contributed by atoms with Gasteiger partial charge in [0, 0.05) is 19.2 Å². The summed E-state index contributed by atoms with van der Waals surface area (Å²) in [5.74, 6) is -3.84. The van der Waals surface area contributed by atoms with Gasteiger partial charge in [-0.05, 0) is 54.7 Å². The highest BCUT2D eigenvalue weighted by molar-refractivity contribution is 7.89. The number of carbonyl (C=O) groups is 2. The summed E-state index contributed by atoms with van der Waals surface area (Å²) in [6, 6.07) is 14.3. The number of nitrogens with zero attached hydrogens (tertiary/aromatic N) is 2. The van der Waals surface area contributed by atoms with Crippen LogP contribution < -0.4 is 10.2 Å². The van der Waals surface area contributed by atoms with Gasteiger partial charge in [0.25, 0.3) is 5.91 Å². The van der Waals surface area contributed by atoms with Crippen molar-refractivity contribution in [1.29, 1.82) is 0 Å². The number of benzene rings is 3. The predicted octanol–water partition coefficient (Wildman–Crippen LogP) is 4.56. The van der Waals surface area contributed by atoms with Crippen molar-refractivity contribution >= 4 is 27.7 Å². The molecular weight excluding hydrogens is 611 g/mol. The number of hydrogen-bond donors (Lipinski definition) is 2. The van der Waals surface area contributed by atoms with Gasteiger partial charge in [0.05, 0.1) is 29.3 Å². The SMILES string of the molecule is CC[C@H](C)CN(C[C@@H](O)[C@H](Cc1ccccc1)NC(=O)[C@@H]1CN(c2ccc(F)c(F)c2)C(=O)O1)S(=O)(=O)c1ccc(C)c(F)c1. The summed E-state index contributed by atoms with van der Waals surface area (Å²) in [6.45, 7) is 4.55. The number of ether oxygens (including phenoxy) is 1. The van der Waals surface area contributed by atoms with Crippen LogP contribution in [0.1, 0.15) is 31.4 Å². The molecule has 3 aromatic rings. The maximum absolute atomic E-state index is 14.4. The molecule has 0 saturated carbocycles. The first-order valence-corrected chi connectivity index (χ1v) is 16.0. The minimum Gasteiger partial charge on any atom is -0.434 e. The number of amides is 2. The van der Waals surface area contributed by atoms with E-state index in [1.165, 1.54) is 25.1 Å². The average molecular weight is 648 g/mol. The van der Waals surface area contributed by atoms with E-state index >= 15 is 0 Å². The van der Waals surface area contributed by atoms with Gasteiger partial charge in [0.15, 0.2) is 17.7 Å². The Labute approximate surface area is 260 Å². The Hall–Kier alpha value is -3.94. The third-order valence-electron chi connectivity index (χ3n) is 7.79. The van der Waals surface area contributed by atoms with Crippen LogP contribution in [-0.4, -0.2) is 67.7 Å². The van der Waals surface area contributed by atoms with Gasteiger partial charge in [-0.25, -0.2) is 26.4 Å². The van der Waals surface area contributed by atoms with E-state index in [0.29, 0.717) is 6.42 Å². The van der Waals surface area contributed by atoms with Gasteiger partial charge in [0.1, 0.15) is 5.82 Å². The van der Waals surface area contributed by atoms with Crippen molar-refractivity contribution in [2.45, 2.75) is 56.8 Å². The maximum Gasteiger partial charge on any atom is 0.415 e. The number of halogens is 3. The fourth-order valence-electron chi connectivity index (χ4n) is 4.86. The lowest BCUT2D eigenvalue weighted by Crippen LogP contribution is -2.53. The molecule has 4 rings (SSSR count). The van der Waals surface area contributed by atoms with Crippen molar-refractivity contribution in [2.24, 2.45) is 5.92 Å². The minimum atomic E-state index is -4.26. The molecule has 0 unspecified atom stereocenters. The monoisotopic (exact) mass is 647 g/mol. The molecule has 4 atom stereocenters. The Morgan fingerprint density at radius 2 is 1.76 bits per heavy atom. The number of rotatable bonds is 13. The molecule has 0 spiro atoms. The van der Waals surface area contributed by atoms with Crippen LogP contribution in [0, 0.1) is 30.3 Å². The molecule has 2 amide bonds. The molecule has 0 bridgehead atoms. The number of aliphatic hydroxyl groups is 1. The van der Waals surface area contributed by atoms with E-state index in [0.717, 1.165) is 33.0 Å². The molecule has 13 heteroatoms. The molecular formula is C32H36F3N3O6S. The molecule has 9 nitrogen and oxygen atoms in total. The Kier molecular flexibility index (Phi) is 10.9. The molecule has 1 heterocycles. The number of carbonyl (C=O) groups excluding carboxylic acids is 2. The first-order chi connectivity index (χ1) is 21.3. The maximum atomic E-state index is 14.4. The van der Waals surface area contributed by atoms with Crippen LogP contribution in [0.4, 0.5) is 23.7 Å². The molecule has 45 heavy (non-hydrogen) atoms. The summed E-state index contributed by atoms with van der Waals surface area (Å²) in [7, 11) is -4.26. The van der Waals surface area contributed by atoms with Gasteiger partial charge in [-0.15, -0.1) is 0 Å². The van der Waals surface area contributed by atoms with Gasteiger partial charge in [-0.1, -0.05) is 56.7 Å². The van der Waals surface area contributed by atoms with Gasteiger partial charge in [0.2, 0.25) is 10.0 Å². The number of nitrogens with one attached hydrogen (secondary N) is 1. The zero-order valence-corrected chi connectivity index (χ0v) is 25.9. The zero-order valence-electron chi connectivity index (χ0n) is 25.1. The van der Waals surface area contributed by atoms with Crippen molar-refractivity contribution in [1.82, 2.24) is 9.62 Å². The lowest BCUT2D eigenvalue weighted by atomic mass is 10.0. The van der Waals surface area contributed by atoms with E-state index in [-0.39, 0.29) is 41.6 Å². The Bertz CT molecular complexity index is 1630. The number of cyclic esters (lactones) is 1. The van der Waals surface area contributed by atoms with Crippen LogP contribution in [-0.2, 0) is 26.0 Å². The smallest absolute Gasteiger partial charge is 0.415 e. The standard InChI is InChI=1S/C32H36F3N3O6S/c1-4-20(2)17-37(45(42,43)24-12-10-21(3)26(34)16-24)18-29(39)28(14-22-8-6-5-7-9-22)36-31(40)30-19-38(32(41)44-30)23-11-13-25(33)27(35)15-23/h5-13,15-16,20,28-30,39H,4,14,17-19H2,1-3H3,(H,36,40)/t20-,28-,29+,30-/m0/s1. The van der Waals surface area contributed by atoms with Gasteiger partial charge < -0.3 is 15.2 Å². The fraction of sp³-hybridized carbons (Fsp3) is 0.375. The molecule has 242 valence electrons. The van der Waals surface area contributed by atoms with Crippen molar-refractivity contribution in [3.05, 3.63) is 95.3 Å². The lowest BCUT2D eigenvalue weighted by Gasteiger charge is -2.31. The average Bonchev–Trinajstić information content (AvgIpc) is 3.41. The highest BCUT2D eigenvalue weighted by Gasteiger charge is 2.39. The van der Waals surface area contributed by atoms with E-state index in [2.05, 4.69) is 5.32 Å². The number of aliphatic hydroxyl groups excluding tert-OH is 1. The van der Waals surface area contributed by atoms with Crippen molar-refractivity contribution in [2.75, 3.05) is 24.5 Å². The van der Waals surface area contributed by atoms with Crippen molar-refractivity contribution in [3.63, 3.8) is 0 Å². The number of hydrogen-bond acceptors (Lipinski definition) is 6. The first-order valence-electron chi connectivity index (χ1n) is 14.5. The molecule has 3 aromatic carbocycles. The van der Waals surface area contributed by atoms with Crippen molar-refractivity contribution in [3.8, 4) is 0 Å². The summed E-state index contributed by atoms with van der Waals surface area (Å²) in [6.07, 6.45) is -3.01. The molecule has 0 aromatic heterocycles. The van der Waals surface area contributed by atoms with E-state index < -0.39 is 64.3 Å². The number of anilines is 1. The van der Waals surface area contributed by atoms with Crippen molar-refractivity contribution < 1.29 is 41.0 Å². The quantitative estimate of drug-likeness (QED) is 0.281.